The van der Waals surface area contributed by atoms with Crippen LogP contribution < -0.4 is 0 Å². The van der Waals surface area contributed by atoms with Crippen molar-refractivity contribution in [2.45, 2.75) is 21.3 Å². The van der Waals surface area contributed by atoms with Gasteiger partial charge < -0.3 is 9.84 Å². The van der Waals surface area contributed by atoms with Crippen LogP contribution in [-0.2, 0) is 9.53 Å². The molecule has 1 N–H and O–H groups in total. The Morgan fingerprint density at radius 2 is 1.89 bits per heavy atom. The minimum Gasteiger partial charge on any atom is -0.466 e. The normalized spacial score (nSPS) is 5.78. The molecule has 9 heavy (non-hydrogen) atoms. The van der Waals surface area contributed by atoms with E-state index in [9.17, 15) is 4.79 Å². The van der Waals surface area contributed by atoms with Gasteiger partial charge in [-0.3, -0.25) is 4.79 Å². The molecule has 0 aliphatic carbocycles. The van der Waals surface area contributed by atoms with Crippen molar-refractivity contribution in [2.75, 3.05) is 13.7 Å². The first-order chi connectivity index (χ1) is 3.77. The van der Waals surface area contributed by atoms with Crippen LogP contribution in [0.5, 0.6) is 0 Å². The summed E-state index contributed by atoms with van der Waals surface area (Å²) >= 11 is 0. The molecule has 0 saturated carbocycles. The third-order valence-corrected chi connectivity index (χ3v) is 0.348. The van der Waals surface area contributed by atoms with E-state index in [1.54, 1.807) is 6.92 Å². The van der Waals surface area contributed by atoms with Gasteiger partial charge >= 0.3 is 5.97 Å². The molecule has 0 aromatic rings. The van der Waals surface area contributed by atoms with Crippen LogP contribution in [0.15, 0.2) is 0 Å². The zero-order valence-corrected chi connectivity index (χ0v) is 5.47. The summed E-state index contributed by atoms with van der Waals surface area (Å²) in [5, 5.41) is 7.00. The van der Waals surface area contributed by atoms with Crippen molar-refractivity contribution in [3.63, 3.8) is 0 Å². The van der Waals surface area contributed by atoms with Crippen molar-refractivity contribution >= 4 is 5.97 Å². The Morgan fingerprint density at radius 1 is 1.56 bits per heavy atom. The summed E-state index contributed by atoms with van der Waals surface area (Å²) in [5.41, 5.74) is 0. The molecule has 0 aliphatic rings. The number of carbonyl (C=O) groups excluding carboxylic acids is 1. The van der Waals surface area contributed by atoms with Crippen LogP contribution in [0.1, 0.15) is 21.3 Å². The number of ether oxygens (including phenoxy) is 1. The van der Waals surface area contributed by atoms with Crippen molar-refractivity contribution in [1.29, 1.82) is 0 Å². The second-order valence-electron chi connectivity index (χ2n) is 0.925. The first kappa shape index (κ1) is 15.8. The third kappa shape index (κ3) is 37.1. The molecule has 0 rings (SSSR count). The quantitative estimate of drug-likeness (QED) is 0.543. The van der Waals surface area contributed by atoms with Crippen molar-refractivity contribution in [2.24, 2.45) is 0 Å². The molecular formula is C6H16O3. The predicted molar refractivity (Wildman–Crippen MR) is 37.2 cm³/mol. The van der Waals surface area contributed by atoms with Gasteiger partial charge in [-0.2, -0.15) is 0 Å². The van der Waals surface area contributed by atoms with Gasteiger partial charge in [0.25, 0.3) is 0 Å². The number of aliphatic hydroxyl groups is 1. The Hall–Kier alpha value is -0.570. The third-order valence-electron chi connectivity index (χ3n) is 0.348. The molecule has 58 valence electrons. The second kappa shape index (κ2) is 15.7. The molecule has 0 radical (unpaired) electrons. The smallest absolute Gasteiger partial charge is 0.302 e. The van der Waals surface area contributed by atoms with Crippen molar-refractivity contribution in [1.82, 2.24) is 0 Å². The lowest BCUT2D eigenvalue weighted by Gasteiger charge is -1.89. The summed E-state index contributed by atoms with van der Waals surface area (Å²) in [6.07, 6.45) is 0. The number of hydrogen-bond acceptors (Lipinski definition) is 3. The van der Waals surface area contributed by atoms with Gasteiger partial charge in [-0.15, -0.1) is 0 Å². The van der Waals surface area contributed by atoms with Gasteiger partial charge in [0.1, 0.15) is 0 Å². The Kier molecular flexibility index (Phi) is 27.5. The molecule has 0 spiro atoms. The van der Waals surface area contributed by atoms with E-state index in [1.807, 2.05) is 0 Å². The molecular weight excluding hydrogens is 120 g/mol. The lowest BCUT2D eigenvalue weighted by Crippen LogP contribution is -1.95. The maximum atomic E-state index is 9.82. The van der Waals surface area contributed by atoms with Gasteiger partial charge in [-0.25, -0.2) is 0 Å². The Bertz CT molecular complexity index is 52.3. The van der Waals surface area contributed by atoms with E-state index in [2.05, 4.69) is 4.74 Å². The van der Waals surface area contributed by atoms with Gasteiger partial charge in [0.05, 0.1) is 6.61 Å². The number of aliphatic hydroxyl groups excluding tert-OH is 1. The number of hydrogen-bond donors (Lipinski definition) is 1. The zero-order valence-electron chi connectivity index (χ0n) is 5.47. The SMILES string of the molecule is C.CCOC(C)=O.CO. The maximum absolute atomic E-state index is 9.82. The van der Waals surface area contributed by atoms with Gasteiger partial charge in [0.15, 0.2) is 0 Å². The zero-order chi connectivity index (χ0) is 6.99. The summed E-state index contributed by atoms with van der Waals surface area (Å²) in [7, 11) is 1.00. The van der Waals surface area contributed by atoms with Gasteiger partial charge in [-0.05, 0) is 6.92 Å². The van der Waals surface area contributed by atoms with Crippen LogP contribution in [0.4, 0.5) is 0 Å². The fourth-order valence-corrected chi connectivity index (χ4v) is 0.203. The van der Waals surface area contributed by atoms with E-state index in [-0.39, 0.29) is 13.4 Å². The Balaban J connectivity index is -0.000000109. The molecule has 0 amide bonds. The summed E-state index contributed by atoms with van der Waals surface area (Å²) in [5.74, 6) is -0.211. The van der Waals surface area contributed by atoms with Crippen molar-refractivity contribution in [3.05, 3.63) is 0 Å². The average molecular weight is 136 g/mol. The van der Waals surface area contributed by atoms with Crippen molar-refractivity contribution in [3.8, 4) is 0 Å². The first-order valence-corrected chi connectivity index (χ1v) is 2.35. The number of rotatable bonds is 1. The van der Waals surface area contributed by atoms with Crippen LogP contribution in [0.25, 0.3) is 0 Å². The standard InChI is InChI=1S/C4H8O2.CH4O.CH4/c1-3-6-4(2)5;1-2;/h3H2,1-2H3;2H,1H3;1H4. The maximum Gasteiger partial charge on any atom is 0.302 e. The molecule has 0 atom stereocenters. The molecule has 0 fully saturated rings. The lowest BCUT2D eigenvalue weighted by molar-refractivity contribution is -0.140. The highest BCUT2D eigenvalue weighted by Gasteiger charge is 1.81. The Labute approximate surface area is 56.6 Å². The van der Waals surface area contributed by atoms with Gasteiger partial charge in [0, 0.05) is 14.0 Å². The summed E-state index contributed by atoms with van der Waals surface area (Å²) in [6.45, 7) is 3.65. The van der Waals surface area contributed by atoms with Crippen LogP contribution in [0, 0.1) is 0 Å². The van der Waals surface area contributed by atoms with Gasteiger partial charge in [0.2, 0.25) is 0 Å². The number of carbonyl (C=O) groups is 1. The van der Waals surface area contributed by atoms with E-state index in [1.165, 1.54) is 6.92 Å². The summed E-state index contributed by atoms with van der Waals surface area (Å²) < 4.78 is 4.40. The number of esters is 1. The monoisotopic (exact) mass is 136 g/mol. The highest BCUT2D eigenvalue weighted by atomic mass is 16.5. The molecule has 0 saturated heterocycles. The molecule has 3 heteroatoms. The second-order valence-corrected chi connectivity index (χ2v) is 0.925. The molecule has 0 bridgehead atoms. The molecule has 0 aliphatic heterocycles. The van der Waals surface area contributed by atoms with E-state index in [0.29, 0.717) is 6.61 Å². The van der Waals surface area contributed by atoms with Crippen molar-refractivity contribution < 1.29 is 14.6 Å². The summed E-state index contributed by atoms with van der Waals surface area (Å²) in [4.78, 5) is 9.82. The highest BCUT2D eigenvalue weighted by molar-refractivity contribution is 5.65. The Morgan fingerprint density at radius 3 is 1.89 bits per heavy atom. The molecule has 0 unspecified atom stereocenters. The van der Waals surface area contributed by atoms with Crippen LogP contribution in [-0.4, -0.2) is 24.8 Å². The molecule has 0 aromatic heterocycles. The van der Waals surface area contributed by atoms with E-state index in [4.69, 9.17) is 5.11 Å². The first-order valence-electron chi connectivity index (χ1n) is 2.35. The molecule has 0 aromatic carbocycles. The average Bonchev–Trinajstić information content (AvgIpc) is 1.72. The highest BCUT2D eigenvalue weighted by Crippen LogP contribution is 1.69. The van der Waals surface area contributed by atoms with Crippen LogP contribution >= 0.6 is 0 Å². The lowest BCUT2D eigenvalue weighted by atomic mass is 10.8. The van der Waals surface area contributed by atoms with E-state index < -0.39 is 0 Å². The fourth-order valence-electron chi connectivity index (χ4n) is 0.203. The van der Waals surface area contributed by atoms with Crippen LogP contribution in [0.2, 0.25) is 0 Å². The largest absolute Gasteiger partial charge is 0.466 e. The minimum absolute atomic E-state index is 0. The topological polar surface area (TPSA) is 46.5 Å². The molecule has 0 heterocycles. The fraction of sp³-hybridized carbons (Fsp3) is 0.833. The van der Waals surface area contributed by atoms with Crippen LogP contribution in [0.3, 0.4) is 0 Å². The van der Waals surface area contributed by atoms with E-state index >= 15 is 0 Å². The molecule has 3 nitrogen and oxygen atoms in total. The van der Waals surface area contributed by atoms with E-state index in [0.717, 1.165) is 7.11 Å². The summed E-state index contributed by atoms with van der Waals surface area (Å²) in [6, 6.07) is 0. The van der Waals surface area contributed by atoms with Gasteiger partial charge in [-0.1, -0.05) is 7.43 Å². The predicted octanol–water partition coefficient (Wildman–Crippen LogP) is 0.814. The minimum atomic E-state index is -0.211.